The van der Waals surface area contributed by atoms with Crippen LogP contribution in [0.1, 0.15) is 11.4 Å². The Morgan fingerprint density at radius 1 is 1.10 bits per heavy atom. The van der Waals surface area contributed by atoms with E-state index in [0.29, 0.717) is 0 Å². The van der Waals surface area contributed by atoms with Crippen LogP contribution in [0.3, 0.4) is 0 Å². The number of anilines is 1. The number of benzene rings is 1. The number of hydrogen-bond donors (Lipinski definition) is 1. The van der Waals surface area contributed by atoms with Crippen LogP contribution in [0, 0.1) is 0 Å². The van der Waals surface area contributed by atoms with E-state index < -0.39 is 0 Å². The molecule has 0 bridgehead atoms. The fourth-order valence-corrected chi connectivity index (χ4v) is 3.31. The molecule has 1 saturated heterocycles. The molecule has 0 unspecified atom stereocenters. The number of piperazine rings is 1. The number of rotatable bonds is 5. The van der Waals surface area contributed by atoms with E-state index in [0.717, 1.165) is 56.6 Å². The molecule has 0 atom stereocenters. The first-order valence-corrected chi connectivity index (χ1v) is 8.16. The molecule has 2 heterocycles. The fourth-order valence-electron chi connectivity index (χ4n) is 2.57. The lowest BCUT2D eigenvalue weighted by Crippen LogP contribution is -2.47. The zero-order valence-corrected chi connectivity index (χ0v) is 12.9. The van der Waals surface area contributed by atoms with Crippen molar-refractivity contribution in [3.05, 3.63) is 41.7 Å². The van der Waals surface area contributed by atoms with Gasteiger partial charge < -0.3 is 10.6 Å². The Balaban J connectivity index is 1.58. The molecule has 2 aromatic rings. The molecule has 6 heteroatoms. The molecule has 1 aromatic heterocycles. The molecule has 3 rings (SSSR count). The molecule has 1 aliphatic rings. The third-order valence-electron chi connectivity index (χ3n) is 3.75. The summed E-state index contributed by atoms with van der Waals surface area (Å²) in [7, 11) is 0. The predicted octanol–water partition coefficient (Wildman–Crippen LogP) is 1.21. The van der Waals surface area contributed by atoms with Gasteiger partial charge in [0.25, 0.3) is 0 Å². The Hall–Kier alpha value is -1.50. The van der Waals surface area contributed by atoms with Crippen LogP contribution >= 0.6 is 11.5 Å². The molecular formula is C15H21N5S. The van der Waals surface area contributed by atoms with Crippen molar-refractivity contribution in [2.24, 2.45) is 5.73 Å². The van der Waals surface area contributed by atoms with E-state index in [1.54, 1.807) is 0 Å². The summed E-state index contributed by atoms with van der Waals surface area (Å²) in [4.78, 5) is 9.43. The summed E-state index contributed by atoms with van der Waals surface area (Å²) in [6.07, 6.45) is 0.810. The van der Waals surface area contributed by atoms with Crippen molar-refractivity contribution >= 4 is 16.7 Å². The Morgan fingerprint density at radius 2 is 1.86 bits per heavy atom. The summed E-state index contributed by atoms with van der Waals surface area (Å²) < 4.78 is 4.50. The van der Waals surface area contributed by atoms with Gasteiger partial charge in [0.1, 0.15) is 5.82 Å². The first-order chi connectivity index (χ1) is 10.3. The van der Waals surface area contributed by atoms with E-state index in [4.69, 9.17) is 10.7 Å². The second kappa shape index (κ2) is 6.98. The van der Waals surface area contributed by atoms with Crippen LogP contribution < -0.4 is 10.6 Å². The normalized spacial score (nSPS) is 16.3. The summed E-state index contributed by atoms with van der Waals surface area (Å²) in [6.45, 7) is 5.87. The van der Waals surface area contributed by atoms with Gasteiger partial charge in [0.2, 0.25) is 5.13 Å². The van der Waals surface area contributed by atoms with E-state index in [1.165, 1.54) is 17.1 Å². The Morgan fingerprint density at radius 3 is 2.57 bits per heavy atom. The molecule has 112 valence electrons. The lowest BCUT2D eigenvalue weighted by Gasteiger charge is -2.33. The average Bonchev–Trinajstić information content (AvgIpc) is 2.98. The van der Waals surface area contributed by atoms with E-state index in [2.05, 4.69) is 38.4 Å². The van der Waals surface area contributed by atoms with Crippen LogP contribution in [0.15, 0.2) is 30.3 Å². The quantitative estimate of drug-likeness (QED) is 0.900. The van der Waals surface area contributed by atoms with Gasteiger partial charge in [-0.05, 0) is 5.56 Å². The van der Waals surface area contributed by atoms with E-state index in [1.807, 2.05) is 6.07 Å². The average molecular weight is 303 g/mol. The molecule has 0 saturated carbocycles. The second-order valence-corrected chi connectivity index (χ2v) is 6.00. The lowest BCUT2D eigenvalue weighted by atomic mass is 10.1. The van der Waals surface area contributed by atoms with Gasteiger partial charge >= 0.3 is 0 Å². The maximum Gasteiger partial charge on any atom is 0.205 e. The smallest absolute Gasteiger partial charge is 0.205 e. The van der Waals surface area contributed by atoms with Crippen LogP contribution in [0.25, 0.3) is 0 Å². The third kappa shape index (κ3) is 3.78. The Bertz CT molecular complexity index is 548. The van der Waals surface area contributed by atoms with Gasteiger partial charge in [-0.2, -0.15) is 4.37 Å². The van der Waals surface area contributed by atoms with Crippen LogP contribution in [0.5, 0.6) is 0 Å². The largest absolute Gasteiger partial charge is 0.344 e. The topological polar surface area (TPSA) is 58.3 Å². The first kappa shape index (κ1) is 14.4. The molecule has 1 aliphatic heterocycles. The van der Waals surface area contributed by atoms with Crippen molar-refractivity contribution in [3.8, 4) is 0 Å². The van der Waals surface area contributed by atoms with Crippen molar-refractivity contribution in [2.75, 3.05) is 44.2 Å². The summed E-state index contributed by atoms with van der Waals surface area (Å²) in [5, 5.41) is 1.05. The fraction of sp³-hybridized carbons (Fsp3) is 0.467. The van der Waals surface area contributed by atoms with Crippen molar-refractivity contribution in [1.29, 1.82) is 0 Å². The van der Waals surface area contributed by atoms with Gasteiger partial charge in [0, 0.05) is 57.2 Å². The minimum absolute atomic E-state index is 0.736. The molecule has 0 radical (unpaired) electrons. The predicted molar refractivity (Wildman–Crippen MR) is 86.9 cm³/mol. The Kier molecular flexibility index (Phi) is 4.80. The molecule has 0 spiro atoms. The molecule has 0 aliphatic carbocycles. The summed E-state index contributed by atoms with van der Waals surface area (Å²) in [5.74, 6) is 0.922. The van der Waals surface area contributed by atoms with Crippen molar-refractivity contribution in [1.82, 2.24) is 14.3 Å². The van der Waals surface area contributed by atoms with E-state index in [9.17, 15) is 0 Å². The van der Waals surface area contributed by atoms with Crippen molar-refractivity contribution in [3.63, 3.8) is 0 Å². The van der Waals surface area contributed by atoms with Crippen LogP contribution in [0.4, 0.5) is 5.13 Å². The number of hydrogen-bond acceptors (Lipinski definition) is 6. The maximum atomic E-state index is 5.61. The van der Waals surface area contributed by atoms with Crippen molar-refractivity contribution in [2.45, 2.75) is 6.42 Å². The van der Waals surface area contributed by atoms with Gasteiger partial charge in [-0.1, -0.05) is 30.3 Å². The van der Waals surface area contributed by atoms with Gasteiger partial charge in [0.15, 0.2) is 0 Å². The highest BCUT2D eigenvalue weighted by atomic mass is 32.1. The van der Waals surface area contributed by atoms with Gasteiger partial charge in [0.05, 0.1) is 0 Å². The maximum absolute atomic E-state index is 5.61. The van der Waals surface area contributed by atoms with E-state index in [-0.39, 0.29) is 0 Å². The Labute approximate surface area is 129 Å². The molecule has 2 N–H and O–H groups in total. The zero-order chi connectivity index (χ0) is 14.5. The minimum atomic E-state index is 0.736. The molecule has 1 aromatic carbocycles. The lowest BCUT2D eigenvalue weighted by molar-refractivity contribution is 0.265. The third-order valence-corrected chi connectivity index (χ3v) is 4.57. The van der Waals surface area contributed by atoms with Crippen LogP contribution in [0.2, 0.25) is 0 Å². The molecule has 0 amide bonds. The number of aromatic nitrogens is 2. The van der Waals surface area contributed by atoms with Crippen LogP contribution in [-0.4, -0.2) is 53.5 Å². The van der Waals surface area contributed by atoms with Gasteiger partial charge in [-0.3, -0.25) is 4.90 Å². The highest BCUT2D eigenvalue weighted by Gasteiger charge is 2.19. The number of nitrogens with zero attached hydrogens (tertiary/aromatic N) is 4. The summed E-state index contributed by atoms with van der Waals surface area (Å²) in [5.41, 5.74) is 6.87. The standard InChI is InChI=1S/C15H21N5S/c16-6-7-19-8-10-20(11-9-19)15-17-14(18-21-15)12-13-4-2-1-3-5-13/h1-5H,6-12,16H2. The van der Waals surface area contributed by atoms with Crippen molar-refractivity contribution < 1.29 is 0 Å². The molecule has 21 heavy (non-hydrogen) atoms. The van der Waals surface area contributed by atoms with Crippen LogP contribution in [-0.2, 0) is 6.42 Å². The molecule has 1 fully saturated rings. The molecule has 5 nitrogen and oxygen atoms in total. The zero-order valence-electron chi connectivity index (χ0n) is 12.1. The van der Waals surface area contributed by atoms with E-state index >= 15 is 0 Å². The molecular weight excluding hydrogens is 282 g/mol. The highest BCUT2D eigenvalue weighted by Crippen LogP contribution is 2.20. The summed E-state index contributed by atoms with van der Waals surface area (Å²) >= 11 is 1.51. The van der Waals surface area contributed by atoms with Gasteiger partial charge in [-0.25, -0.2) is 4.98 Å². The SMILES string of the molecule is NCCN1CCN(c2nc(Cc3ccccc3)ns2)CC1. The highest BCUT2D eigenvalue weighted by molar-refractivity contribution is 7.09. The first-order valence-electron chi connectivity index (χ1n) is 7.39. The second-order valence-electron chi connectivity index (χ2n) is 5.27. The summed E-state index contributed by atoms with van der Waals surface area (Å²) in [6, 6.07) is 10.4. The number of nitrogens with two attached hydrogens (primary N) is 1. The van der Waals surface area contributed by atoms with Gasteiger partial charge in [-0.15, -0.1) is 0 Å². The monoisotopic (exact) mass is 303 g/mol. The minimum Gasteiger partial charge on any atom is -0.344 e.